The number of amides is 1. The Balaban J connectivity index is 1.59. The number of nitrogens with zero attached hydrogens (tertiary/aromatic N) is 3. The van der Waals surface area contributed by atoms with Crippen LogP contribution in [-0.4, -0.2) is 43.6 Å². The standard InChI is InChI=1S/C21H23N3O3/c1-27-21(26)17-10-13-24(18-7-3-2-6-16(17)18)20(25)15-8-9-19(22-14-15)23-11-4-5-12-23/h2-3,6-9,14,17H,4-5,10-13H2,1H3/t17-/m0/s1. The Morgan fingerprint density at radius 1 is 1.07 bits per heavy atom. The average molecular weight is 365 g/mol. The van der Waals surface area contributed by atoms with Gasteiger partial charge in [-0.25, -0.2) is 4.98 Å². The number of methoxy groups -OCH3 is 1. The number of carbonyl (C=O) groups is 2. The van der Waals surface area contributed by atoms with Crippen LogP contribution in [0.5, 0.6) is 0 Å². The molecule has 2 aliphatic rings. The maximum atomic E-state index is 13.1. The molecule has 0 bridgehead atoms. The zero-order chi connectivity index (χ0) is 18.8. The Bertz CT molecular complexity index is 844. The van der Waals surface area contributed by atoms with Crippen molar-refractivity contribution in [3.63, 3.8) is 0 Å². The van der Waals surface area contributed by atoms with E-state index in [0.717, 1.165) is 30.2 Å². The van der Waals surface area contributed by atoms with Gasteiger partial charge in [-0.05, 0) is 43.0 Å². The van der Waals surface area contributed by atoms with Gasteiger partial charge in [0, 0.05) is 31.5 Å². The molecule has 0 unspecified atom stereocenters. The van der Waals surface area contributed by atoms with Crippen LogP contribution in [0, 0.1) is 0 Å². The van der Waals surface area contributed by atoms with Crippen molar-refractivity contribution in [3.05, 3.63) is 53.7 Å². The van der Waals surface area contributed by atoms with E-state index in [0.29, 0.717) is 18.5 Å². The van der Waals surface area contributed by atoms with E-state index in [4.69, 9.17) is 4.74 Å². The Hall–Kier alpha value is -2.89. The van der Waals surface area contributed by atoms with Gasteiger partial charge in [-0.2, -0.15) is 0 Å². The number of para-hydroxylation sites is 1. The highest BCUT2D eigenvalue weighted by Crippen LogP contribution is 2.36. The van der Waals surface area contributed by atoms with Gasteiger partial charge in [-0.15, -0.1) is 0 Å². The van der Waals surface area contributed by atoms with Crippen molar-refractivity contribution >= 4 is 23.4 Å². The number of carbonyl (C=O) groups excluding carboxylic acids is 2. The van der Waals surface area contributed by atoms with Gasteiger partial charge in [-0.1, -0.05) is 18.2 Å². The van der Waals surface area contributed by atoms with Crippen LogP contribution >= 0.6 is 0 Å². The molecule has 1 atom stereocenters. The van der Waals surface area contributed by atoms with E-state index < -0.39 is 0 Å². The molecule has 2 aliphatic heterocycles. The summed E-state index contributed by atoms with van der Waals surface area (Å²) in [6.45, 7) is 2.52. The molecule has 27 heavy (non-hydrogen) atoms. The Morgan fingerprint density at radius 2 is 1.85 bits per heavy atom. The zero-order valence-electron chi connectivity index (χ0n) is 15.4. The molecular weight excluding hydrogens is 342 g/mol. The lowest BCUT2D eigenvalue weighted by Gasteiger charge is -2.33. The minimum absolute atomic E-state index is 0.0914. The lowest BCUT2D eigenvalue weighted by molar-refractivity contribution is -0.142. The molecule has 0 saturated carbocycles. The molecule has 1 saturated heterocycles. The molecule has 140 valence electrons. The second-order valence-electron chi connectivity index (χ2n) is 6.98. The summed E-state index contributed by atoms with van der Waals surface area (Å²) in [7, 11) is 1.40. The highest BCUT2D eigenvalue weighted by Gasteiger charge is 2.33. The second-order valence-corrected chi connectivity index (χ2v) is 6.98. The third-order valence-electron chi connectivity index (χ3n) is 5.40. The van der Waals surface area contributed by atoms with Crippen LogP contribution in [0.15, 0.2) is 42.6 Å². The van der Waals surface area contributed by atoms with Gasteiger partial charge in [0.1, 0.15) is 5.82 Å². The molecule has 1 fully saturated rings. The summed E-state index contributed by atoms with van der Waals surface area (Å²) in [5.74, 6) is 0.247. The molecule has 3 heterocycles. The minimum atomic E-state index is -0.328. The molecule has 4 rings (SSSR count). The maximum absolute atomic E-state index is 13.1. The number of fused-ring (bicyclic) bond motifs is 1. The third-order valence-corrected chi connectivity index (χ3v) is 5.40. The van der Waals surface area contributed by atoms with E-state index in [1.54, 1.807) is 11.1 Å². The number of hydrogen-bond acceptors (Lipinski definition) is 5. The number of esters is 1. The molecule has 0 aliphatic carbocycles. The number of hydrogen-bond donors (Lipinski definition) is 0. The molecular formula is C21H23N3O3. The molecule has 0 N–H and O–H groups in total. The van der Waals surface area contributed by atoms with E-state index in [1.807, 2.05) is 36.4 Å². The van der Waals surface area contributed by atoms with E-state index in [-0.39, 0.29) is 17.8 Å². The second kappa shape index (κ2) is 7.39. The molecule has 6 nitrogen and oxygen atoms in total. The van der Waals surface area contributed by atoms with Gasteiger partial charge in [0.05, 0.1) is 18.6 Å². The van der Waals surface area contributed by atoms with Crippen LogP contribution < -0.4 is 9.80 Å². The van der Waals surface area contributed by atoms with Gasteiger partial charge in [0.2, 0.25) is 0 Å². The van der Waals surface area contributed by atoms with E-state index >= 15 is 0 Å². The normalized spacial score (nSPS) is 18.9. The average Bonchev–Trinajstić information content (AvgIpc) is 3.27. The van der Waals surface area contributed by atoms with Crippen LogP contribution in [0.1, 0.15) is 41.1 Å². The predicted molar refractivity (Wildman–Crippen MR) is 103 cm³/mol. The van der Waals surface area contributed by atoms with Crippen LogP contribution in [0.4, 0.5) is 11.5 Å². The molecule has 1 aromatic heterocycles. The van der Waals surface area contributed by atoms with Crippen molar-refractivity contribution in [1.29, 1.82) is 0 Å². The Kier molecular flexibility index (Phi) is 4.79. The first-order valence-electron chi connectivity index (χ1n) is 9.38. The summed E-state index contributed by atoms with van der Waals surface area (Å²) in [4.78, 5) is 33.7. The first kappa shape index (κ1) is 17.5. The van der Waals surface area contributed by atoms with Crippen molar-refractivity contribution in [2.24, 2.45) is 0 Å². The van der Waals surface area contributed by atoms with Gasteiger partial charge < -0.3 is 14.5 Å². The predicted octanol–water partition coefficient (Wildman–Crippen LogP) is 2.99. The van der Waals surface area contributed by atoms with Gasteiger partial charge in [0.25, 0.3) is 5.91 Å². The van der Waals surface area contributed by atoms with E-state index in [9.17, 15) is 9.59 Å². The fourth-order valence-corrected chi connectivity index (χ4v) is 3.96. The first-order valence-corrected chi connectivity index (χ1v) is 9.38. The van der Waals surface area contributed by atoms with Crippen molar-refractivity contribution in [3.8, 4) is 0 Å². The topological polar surface area (TPSA) is 62.7 Å². The molecule has 1 amide bonds. The Labute approximate surface area is 158 Å². The summed E-state index contributed by atoms with van der Waals surface area (Å²) in [6.07, 6.45) is 4.59. The van der Waals surface area contributed by atoms with Crippen LogP contribution in [0.2, 0.25) is 0 Å². The molecule has 0 spiro atoms. The monoisotopic (exact) mass is 365 g/mol. The Morgan fingerprint density at radius 3 is 2.56 bits per heavy atom. The van der Waals surface area contributed by atoms with Gasteiger partial charge >= 0.3 is 5.97 Å². The first-order chi connectivity index (χ1) is 13.2. The fraction of sp³-hybridized carbons (Fsp3) is 0.381. The summed E-state index contributed by atoms with van der Waals surface area (Å²) < 4.78 is 4.93. The summed E-state index contributed by atoms with van der Waals surface area (Å²) in [5.41, 5.74) is 2.17. The SMILES string of the molecule is COC(=O)[C@H]1CCN(C(=O)c2ccc(N3CCCC3)nc2)c2ccccc21. The van der Waals surface area contributed by atoms with E-state index in [1.165, 1.54) is 20.0 Å². The minimum Gasteiger partial charge on any atom is -0.469 e. The number of pyridine rings is 1. The third kappa shape index (κ3) is 3.27. The maximum Gasteiger partial charge on any atom is 0.313 e. The van der Waals surface area contributed by atoms with Crippen LogP contribution in [0.3, 0.4) is 0 Å². The number of aromatic nitrogens is 1. The number of anilines is 2. The van der Waals surface area contributed by atoms with Crippen molar-refractivity contribution in [1.82, 2.24) is 4.98 Å². The number of rotatable bonds is 3. The highest BCUT2D eigenvalue weighted by atomic mass is 16.5. The van der Waals surface area contributed by atoms with Crippen molar-refractivity contribution in [2.75, 3.05) is 36.5 Å². The van der Waals surface area contributed by atoms with E-state index in [2.05, 4.69) is 9.88 Å². The largest absolute Gasteiger partial charge is 0.469 e. The number of benzene rings is 1. The molecule has 2 aromatic rings. The van der Waals surface area contributed by atoms with Crippen molar-refractivity contribution in [2.45, 2.75) is 25.2 Å². The lowest BCUT2D eigenvalue weighted by Crippen LogP contribution is -2.38. The lowest BCUT2D eigenvalue weighted by atomic mass is 9.89. The van der Waals surface area contributed by atoms with Crippen LogP contribution in [0.25, 0.3) is 0 Å². The number of ether oxygens (including phenoxy) is 1. The summed E-state index contributed by atoms with van der Waals surface area (Å²) in [5, 5.41) is 0. The van der Waals surface area contributed by atoms with Crippen LogP contribution in [-0.2, 0) is 9.53 Å². The van der Waals surface area contributed by atoms with Gasteiger partial charge in [0.15, 0.2) is 0 Å². The quantitative estimate of drug-likeness (QED) is 0.783. The summed E-state index contributed by atoms with van der Waals surface area (Å²) >= 11 is 0. The fourth-order valence-electron chi connectivity index (χ4n) is 3.96. The highest BCUT2D eigenvalue weighted by molar-refractivity contribution is 6.07. The molecule has 0 radical (unpaired) electrons. The van der Waals surface area contributed by atoms with Crippen molar-refractivity contribution < 1.29 is 14.3 Å². The molecule has 1 aromatic carbocycles. The zero-order valence-corrected chi connectivity index (χ0v) is 15.4. The summed E-state index contributed by atoms with van der Waals surface area (Å²) in [6, 6.07) is 11.3. The molecule has 6 heteroatoms. The smallest absolute Gasteiger partial charge is 0.313 e. The van der Waals surface area contributed by atoms with Gasteiger partial charge in [-0.3, -0.25) is 9.59 Å².